The van der Waals surface area contributed by atoms with E-state index in [0.717, 1.165) is 6.92 Å². The van der Waals surface area contributed by atoms with Gasteiger partial charge in [0.2, 0.25) is 5.91 Å². The van der Waals surface area contributed by atoms with Gasteiger partial charge in [0.05, 0.1) is 12.7 Å². The molecule has 0 aromatic carbocycles. The number of aliphatic hydroxyl groups excluding tert-OH is 5. The summed E-state index contributed by atoms with van der Waals surface area (Å²) in [5, 5.41) is 61.5. The van der Waals surface area contributed by atoms with E-state index < -0.39 is 79.6 Å². The van der Waals surface area contributed by atoms with Crippen LogP contribution in [0.25, 0.3) is 0 Å². The van der Waals surface area contributed by atoms with E-state index in [9.17, 15) is 40.2 Å². The highest BCUT2D eigenvalue weighted by atomic mass is 16.7. The van der Waals surface area contributed by atoms with Gasteiger partial charge in [0.25, 0.3) is 0 Å². The highest BCUT2D eigenvalue weighted by Crippen LogP contribution is 2.30. The normalized spacial score (nSPS) is 45.3. The molecule has 0 aromatic rings. The molecule has 4 unspecified atom stereocenters. The lowest BCUT2D eigenvalue weighted by atomic mass is 9.90. The smallest absolute Gasteiger partial charge is 0.333 e. The molecule has 2 fully saturated rings. The fourth-order valence-corrected chi connectivity index (χ4v) is 3.19. The fourth-order valence-electron chi connectivity index (χ4n) is 3.19. The molecule has 0 radical (unpaired) electrons. The van der Waals surface area contributed by atoms with Gasteiger partial charge < -0.3 is 50.2 Å². The van der Waals surface area contributed by atoms with E-state index in [0.29, 0.717) is 0 Å². The van der Waals surface area contributed by atoms with E-state index in [1.54, 1.807) is 0 Å². The van der Waals surface area contributed by atoms with Crippen LogP contribution in [-0.2, 0) is 23.8 Å². The summed E-state index contributed by atoms with van der Waals surface area (Å²) in [6.45, 7) is 1.83. The van der Waals surface area contributed by atoms with Crippen LogP contribution >= 0.6 is 0 Å². The highest BCUT2D eigenvalue weighted by molar-refractivity contribution is 5.73. The summed E-state index contributed by atoms with van der Waals surface area (Å²) in [4.78, 5) is 22.7. The molecule has 12 heteroatoms. The maximum Gasteiger partial charge on any atom is 0.333 e. The molecule has 1 amide bonds. The van der Waals surface area contributed by atoms with Gasteiger partial charge in [-0.25, -0.2) is 4.79 Å². The second-order valence-electron chi connectivity index (χ2n) is 6.67. The minimum Gasteiger partial charge on any atom is -0.479 e. The quantitative estimate of drug-likeness (QED) is 0.240. The number of carbonyl (C=O) groups is 2. The highest BCUT2D eigenvalue weighted by Gasteiger charge is 2.51. The van der Waals surface area contributed by atoms with Gasteiger partial charge in [0.15, 0.2) is 18.7 Å². The third kappa shape index (κ3) is 4.55. The van der Waals surface area contributed by atoms with Gasteiger partial charge in [0.1, 0.15) is 30.5 Å². The SMILES string of the molecule is CC(=O)N[C@H]1C(O[C@@H]2OC(C(=O)O)[C@@H](C)C(O)[C@@H]2O)[C@H](O)C(CO)O[C@H]1O. The molecular weight excluding hydrogens is 370 g/mol. The van der Waals surface area contributed by atoms with E-state index in [1.165, 1.54) is 6.92 Å². The Bertz CT molecular complexity index is 546. The Morgan fingerprint density at radius 2 is 1.70 bits per heavy atom. The zero-order valence-electron chi connectivity index (χ0n) is 14.7. The zero-order valence-corrected chi connectivity index (χ0v) is 14.7. The van der Waals surface area contributed by atoms with Crippen molar-refractivity contribution in [2.75, 3.05) is 6.61 Å². The maximum atomic E-state index is 11.4. The third-order valence-corrected chi connectivity index (χ3v) is 4.70. The minimum absolute atomic E-state index is 0.590. The second-order valence-corrected chi connectivity index (χ2v) is 6.67. The molecule has 2 heterocycles. The molecule has 2 aliphatic heterocycles. The van der Waals surface area contributed by atoms with Crippen LogP contribution in [0.5, 0.6) is 0 Å². The maximum absolute atomic E-state index is 11.4. The number of rotatable bonds is 5. The molecule has 0 bridgehead atoms. The molecular formula is C15H25NO11. The molecule has 27 heavy (non-hydrogen) atoms. The number of aliphatic carboxylic acids is 1. The summed E-state index contributed by atoms with van der Waals surface area (Å²) in [6.07, 6.45) is -12.3. The van der Waals surface area contributed by atoms with Crippen LogP contribution in [0.2, 0.25) is 0 Å². The molecule has 10 atom stereocenters. The average Bonchev–Trinajstić information content (AvgIpc) is 2.60. The third-order valence-electron chi connectivity index (χ3n) is 4.70. The van der Waals surface area contributed by atoms with Crippen molar-refractivity contribution in [3.8, 4) is 0 Å². The number of hydrogen-bond donors (Lipinski definition) is 7. The van der Waals surface area contributed by atoms with E-state index in [1.807, 2.05) is 0 Å². The molecule has 156 valence electrons. The van der Waals surface area contributed by atoms with Crippen molar-refractivity contribution in [3.63, 3.8) is 0 Å². The van der Waals surface area contributed by atoms with Crippen LogP contribution in [0.3, 0.4) is 0 Å². The number of hydrogen-bond acceptors (Lipinski definition) is 10. The van der Waals surface area contributed by atoms with Crippen molar-refractivity contribution < 1.29 is 54.4 Å². The van der Waals surface area contributed by atoms with Crippen molar-refractivity contribution in [2.45, 2.75) is 69.1 Å². The number of carboxylic acid groups (broad SMARTS) is 1. The van der Waals surface area contributed by atoms with E-state index in [4.69, 9.17) is 14.2 Å². The monoisotopic (exact) mass is 395 g/mol. The lowest BCUT2D eigenvalue weighted by Gasteiger charge is -2.46. The molecule has 12 nitrogen and oxygen atoms in total. The van der Waals surface area contributed by atoms with Crippen molar-refractivity contribution in [1.29, 1.82) is 0 Å². The van der Waals surface area contributed by atoms with Crippen LogP contribution in [0.1, 0.15) is 13.8 Å². The number of aliphatic hydroxyl groups is 5. The topological polar surface area (TPSA) is 195 Å². The van der Waals surface area contributed by atoms with Gasteiger partial charge in [0, 0.05) is 12.8 Å². The Morgan fingerprint density at radius 1 is 1.07 bits per heavy atom. The van der Waals surface area contributed by atoms with Crippen molar-refractivity contribution in [2.24, 2.45) is 5.92 Å². The van der Waals surface area contributed by atoms with E-state index in [-0.39, 0.29) is 0 Å². The van der Waals surface area contributed by atoms with Gasteiger partial charge in [-0.1, -0.05) is 6.92 Å². The van der Waals surface area contributed by atoms with Crippen molar-refractivity contribution >= 4 is 11.9 Å². The lowest BCUT2D eigenvalue weighted by molar-refractivity contribution is -0.331. The van der Waals surface area contributed by atoms with E-state index >= 15 is 0 Å². The lowest BCUT2D eigenvalue weighted by Crippen LogP contribution is -2.67. The standard InChI is InChI=1S/C15H25NO11/c1-4-8(19)10(21)15(26-11(4)13(22)23)27-12-7(16-5(2)18)14(24)25-6(3-17)9(12)20/h4,6-12,14-15,17,19-21,24H,3H2,1-2H3,(H,16,18)(H,22,23)/t4-,6?,7-,8?,9+,10-,11?,12?,14+,15-/m0/s1. The van der Waals surface area contributed by atoms with Crippen LogP contribution < -0.4 is 5.32 Å². The predicted octanol–water partition coefficient (Wildman–Crippen LogP) is -3.89. The van der Waals surface area contributed by atoms with E-state index in [2.05, 4.69) is 5.32 Å². The molecule has 0 aromatic heterocycles. The predicted molar refractivity (Wildman–Crippen MR) is 83.9 cm³/mol. The van der Waals surface area contributed by atoms with Gasteiger partial charge >= 0.3 is 5.97 Å². The summed E-state index contributed by atoms with van der Waals surface area (Å²) >= 11 is 0. The summed E-state index contributed by atoms with van der Waals surface area (Å²) in [7, 11) is 0. The zero-order chi connectivity index (χ0) is 20.5. The number of amides is 1. The molecule has 7 N–H and O–H groups in total. The summed E-state index contributed by atoms with van der Waals surface area (Å²) < 4.78 is 15.7. The van der Waals surface area contributed by atoms with Gasteiger partial charge in [-0.15, -0.1) is 0 Å². The van der Waals surface area contributed by atoms with Gasteiger partial charge in [-0.05, 0) is 0 Å². The largest absolute Gasteiger partial charge is 0.479 e. The minimum atomic E-state index is -1.68. The summed E-state index contributed by atoms with van der Waals surface area (Å²) in [6, 6.07) is -1.31. The average molecular weight is 395 g/mol. The molecule has 2 saturated heterocycles. The first-order valence-corrected chi connectivity index (χ1v) is 8.37. The van der Waals surface area contributed by atoms with Crippen molar-refractivity contribution in [3.05, 3.63) is 0 Å². The Labute approximate surface area is 154 Å². The first-order chi connectivity index (χ1) is 12.6. The number of carboxylic acids is 1. The Hall–Kier alpha value is -1.38. The number of carbonyl (C=O) groups excluding carboxylic acids is 1. The Balaban J connectivity index is 2.25. The Morgan fingerprint density at radius 3 is 2.22 bits per heavy atom. The fraction of sp³-hybridized carbons (Fsp3) is 0.867. The molecule has 0 saturated carbocycles. The first-order valence-electron chi connectivity index (χ1n) is 8.37. The van der Waals surface area contributed by atoms with Crippen LogP contribution in [0.4, 0.5) is 0 Å². The summed E-state index contributed by atoms with van der Waals surface area (Å²) in [5.74, 6) is -2.92. The van der Waals surface area contributed by atoms with Gasteiger partial charge in [-0.2, -0.15) is 0 Å². The molecule has 0 spiro atoms. The van der Waals surface area contributed by atoms with Crippen LogP contribution in [-0.4, -0.2) is 104 Å². The molecule has 0 aliphatic carbocycles. The number of ether oxygens (including phenoxy) is 3. The van der Waals surface area contributed by atoms with Crippen LogP contribution in [0, 0.1) is 5.92 Å². The van der Waals surface area contributed by atoms with Crippen molar-refractivity contribution in [1.82, 2.24) is 5.32 Å². The second kappa shape index (κ2) is 8.75. The van der Waals surface area contributed by atoms with Crippen LogP contribution in [0.15, 0.2) is 0 Å². The first kappa shape index (κ1) is 21.9. The molecule has 2 aliphatic rings. The van der Waals surface area contributed by atoms with Gasteiger partial charge in [-0.3, -0.25) is 4.79 Å². The Kier molecular flexibility index (Phi) is 7.10. The number of nitrogens with one attached hydrogen (secondary N) is 1. The summed E-state index contributed by atoms with van der Waals surface area (Å²) in [5.41, 5.74) is 0. The molecule has 2 rings (SSSR count).